The van der Waals surface area contributed by atoms with Crippen molar-refractivity contribution in [2.24, 2.45) is 11.3 Å². The van der Waals surface area contributed by atoms with Gasteiger partial charge in [0.15, 0.2) is 0 Å². The molecule has 36 heavy (non-hydrogen) atoms. The number of hydrogen-bond donors (Lipinski definition) is 0. The van der Waals surface area contributed by atoms with Gasteiger partial charge in [0, 0.05) is 31.7 Å². The van der Waals surface area contributed by atoms with Crippen LogP contribution in [0.15, 0.2) is 48.5 Å². The SMILES string of the molecule is CCCCOc1ccc(CC(=O)N2CCC3(CCN(Cc4ccccc4OCC(C)C)C3)CC2)cc1. The molecule has 5 heteroatoms. The number of piperidine rings is 1. The van der Waals surface area contributed by atoms with Gasteiger partial charge in [-0.15, -0.1) is 0 Å². The van der Waals surface area contributed by atoms with Crippen LogP contribution in [0.2, 0.25) is 0 Å². The van der Waals surface area contributed by atoms with Gasteiger partial charge < -0.3 is 14.4 Å². The van der Waals surface area contributed by atoms with Crippen LogP contribution in [-0.4, -0.2) is 55.1 Å². The summed E-state index contributed by atoms with van der Waals surface area (Å²) in [5, 5.41) is 0. The minimum atomic E-state index is 0.246. The Kier molecular flexibility index (Phi) is 9.30. The topological polar surface area (TPSA) is 42.0 Å². The molecule has 0 atom stereocenters. The first-order valence-corrected chi connectivity index (χ1v) is 13.9. The van der Waals surface area contributed by atoms with Gasteiger partial charge in [-0.2, -0.15) is 0 Å². The fourth-order valence-corrected chi connectivity index (χ4v) is 5.40. The van der Waals surface area contributed by atoms with Crippen LogP contribution in [0.3, 0.4) is 0 Å². The van der Waals surface area contributed by atoms with E-state index in [4.69, 9.17) is 9.47 Å². The Bertz CT molecular complexity index is 964. The lowest BCUT2D eigenvalue weighted by atomic mass is 9.77. The summed E-state index contributed by atoms with van der Waals surface area (Å²) < 4.78 is 11.8. The van der Waals surface area contributed by atoms with Crippen molar-refractivity contribution in [2.75, 3.05) is 39.4 Å². The average molecular weight is 493 g/mol. The third-order valence-electron chi connectivity index (χ3n) is 7.68. The molecule has 1 amide bonds. The Balaban J connectivity index is 1.24. The molecule has 2 aliphatic rings. The number of para-hydroxylation sites is 1. The number of rotatable bonds is 11. The lowest BCUT2D eigenvalue weighted by molar-refractivity contribution is -0.132. The number of likely N-dealkylation sites (tertiary alicyclic amines) is 2. The van der Waals surface area contributed by atoms with E-state index in [1.165, 1.54) is 12.0 Å². The molecule has 4 rings (SSSR count). The van der Waals surface area contributed by atoms with E-state index in [-0.39, 0.29) is 5.91 Å². The van der Waals surface area contributed by atoms with Gasteiger partial charge in [0.1, 0.15) is 11.5 Å². The van der Waals surface area contributed by atoms with Crippen LogP contribution < -0.4 is 9.47 Å². The number of hydrogen-bond acceptors (Lipinski definition) is 4. The highest BCUT2D eigenvalue weighted by molar-refractivity contribution is 5.79. The van der Waals surface area contributed by atoms with Crippen molar-refractivity contribution in [3.63, 3.8) is 0 Å². The first-order valence-electron chi connectivity index (χ1n) is 13.9. The number of amides is 1. The van der Waals surface area contributed by atoms with Crippen molar-refractivity contribution in [3.8, 4) is 11.5 Å². The number of ether oxygens (including phenoxy) is 2. The molecule has 0 radical (unpaired) electrons. The molecular weight excluding hydrogens is 448 g/mol. The fraction of sp³-hybridized carbons (Fsp3) is 0.581. The van der Waals surface area contributed by atoms with Crippen LogP contribution in [0.25, 0.3) is 0 Å². The zero-order chi connectivity index (χ0) is 25.4. The van der Waals surface area contributed by atoms with Gasteiger partial charge in [0.05, 0.1) is 19.6 Å². The monoisotopic (exact) mass is 492 g/mol. The van der Waals surface area contributed by atoms with Crippen LogP contribution in [0, 0.1) is 11.3 Å². The van der Waals surface area contributed by atoms with Gasteiger partial charge in [-0.1, -0.05) is 57.5 Å². The lowest BCUT2D eigenvalue weighted by Crippen LogP contribution is -2.44. The molecule has 5 nitrogen and oxygen atoms in total. The summed E-state index contributed by atoms with van der Waals surface area (Å²) >= 11 is 0. The van der Waals surface area contributed by atoms with E-state index < -0.39 is 0 Å². The van der Waals surface area contributed by atoms with Crippen LogP contribution >= 0.6 is 0 Å². The second-order valence-electron chi connectivity index (χ2n) is 11.2. The van der Waals surface area contributed by atoms with E-state index in [0.717, 1.165) is 88.7 Å². The normalized spacial score (nSPS) is 17.6. The Morgan fingerprint density at radius 2 is 1.69 bits per heavy atom. The van der Waals surface area contributed by atoms with Gasteiger partial charge in [0.25, 0.3) is 0 Å². The number of nitrogens with zero attached hydrogens (tertiary/aromatic N) is 2. The summed E-state index contributed by atoms with van der Waals surface area (Å²) in [4.78, 5) is 17.6. The van der Waals surface area contributed by atoms with Crippen LogP contribution in [0.1, 0.15) is 64.0 Å². The summed E-state index contributed by atoms with van der Waals surface area (Å²) in [6, 6.07) is 16.5. The van der Waals surface area contributed by atoms with Gasteiger partial charge in [-0.05, 0) is 67.3 Å². The molecule has 0 aromatic heterocycles. The maximum atomic E-state index is 13.0. The van der Waals surface area contributed by atoms with E-state index in [1.54, 1.807) is 0 Å². The van der Waals surface area contributed by atoms with E-state index in [9.17, 15) is 4.79 Å². The van der Waals surface area contributed by atoms with Crippen LogP contribution in [-0.2, 0) is 17.8 Å². The molecule has 0 saturated carbocycles. The molecular formula is C31H44N2O3. The number of unbranched alkanes of at least 4 members (excludes halogenated alkanes) is 1. The van der Waals surface area contributed by atoms with E-state index in [2.05, 4.69) is 54.8 Å². The Hall–Kier alpha value is -2.53. The third-order valence-corrected chi connectivity index (χ3v) is 7.68. The van der Waals surface area contributed by atoms with Crippen LogP contribution in [0.5, 0.6) is 11.5 Å². The summed E-state index contributed by atoms with van der Waals surface area (Å²) in [6.07, 6.45) is 6.10. The average Bonchev–Trinajstić information content (AvgIpc) is 3.26. The second-order valence-corrected chi connectivity index (χ2v) is 11.2. The van der Waals surface area contributed by atoms with Crippen molar-refractivity contribution in [1.29, 1.82) is 0 Å². The maximum Gasteiger partial charge on any atom is 0.226 e. The molecule has 2 saturated heterocycles. The lowest BCUT2D eigenvalue weighted by Gasteiger charge is -2.39. The Labute approximate surface area is 217 Å². The highest BCUT2D eigenvalue weighted by atomic mass is 16.5. The molecule has 2 heterocycles. The fourth-order valence-electron chi connectivity index (χ4n) is 5.40. The zero-order valence-electron chi connectivity index (χ0n) is 22.5. The first-order chi connectivity index (χ1) is 17.5. The zero-order valence-corrected chi connectivity index (χ0v) is 22.5. The number of carbonyl (C=O) groups excluding carboxylic acids is 1. The van der Waals surface area contributed by atoms with Gasteiger partial charge in [-0.25, -0.2) is 0 Å². The van der Waals surface area contributed by atoms with E-state index in [1.807, 2.05) is 24.3 Å². The highest BCUT2D eigenvalue weighted by Crippen LogP contribution is 2.41. The Morgan fingerprint density at radius 1 is 0.972 bits per heavy atom. The minimum absolute atomic E-state index is 0.246. The second kappa shape index (κ2) is 12.6. The first kappa shape index (κ1) is 26.5. The smallest absolute Gasteiger partial charge is 0.226 e. The van der Waals surface area contributed by atoms with Crippen molar-refractivity contribution >= 4 is 5.91 Å². The quantitative estimate of drug-likeness (QED) is 0.363. The summed E-state index contributed by atoms with van der Waals surface area (Å²) in [5.41, 5.74) is 2.69. The van der Waals surface area contributed by atoms with Crippen LogP contribution in [0.4, 0.5) is 0 Å². The number of carbonyl (C=O) groups is 1. The molecule has 0 unspecified atom stereocenters. The summed E-state index contributed by atoms with van der Waals surface area (Å²) in [6.45, 7) is 13.0. The third kappa shape index (κ3) is 7.25. The van der Waals surface area contributed by atoms with Crippen molar-refractivity contribution in [3.05, 3.63) is 59.7 Å². The molecule has 0 N–H and O–H groups in total. The standard InChI is InChI=1S/C31H44N2O3/c1-4-5-20-35-28-12-10-26(11-13-28)21-30(34)33-18-15-31(16-19-33)14-17-32(24-31)22-27-8-6-7-9-29(27)36-23-25(2)3/h6-13,25H,4-5,14-24H2,1-3H3. The summed E-state index contributed by atoms with van der Waals surface area (Å²) in [5.74, 6) is 2.67. The number of benzene rings is 2. The highest BCUT2D eigenvalue weighted by Gasteiger charge is 2.41. The molecule has 2 aromatic carbocycles. The minimum Gasteiger partial charge on any atom is -0.494 e. The largest absolute Gasteiger partial charge is 0.494 e. The molecule has 2 aliphatic heterocycles. The Morgan fingerprint density at radius 3 is 2.42 bits per heavy atom. The molecule has 2 fully saturated rings. The van der Waals surface area contributed by atoms with Gasteiger partial charge in [0.2, 0.25) is 5.91 Å². The maximum absolute atomic E-state index is 13.0. The van der Waals surface area contributed by atoms with E-state index in [0.29, 0.717) is 17.8 Å². The van der Waals surface area contributed by atoms with Crippen molar-refractivity contribution in [1.82, 2.24) is 9.80 Å². The molecule has 1 spiro atoms. The van der Waals surface area contributed by atoms with Gasteiger partial charge in [-0.3, -0.25) is 9.69 Å². The molecule has 0 bridgehead atoms. The van der Waals surface area contributed by atoms with E-state index >= 15 is 0 Å². The van der Waals surface area contributed by atoms with Gasteiger partial charge >= 0.3 is 0 Å². The summed E-state index contributed by atoms with van der Waals surface area (Å²) in [7, 11) is 0. The predicted octanol–water partition coefficient (Wildman–Crippen LogP) is 5.96. The molecule has 0 aliphatic carbocycles. The molecule has 196 valence electrons. The molecule has 2 aromatic rings. The predicted molar refractivity (Wildman–Crippen MR) is 145 cm³/mol. The van der Waals surface area contributed by atoms with Crippen molar-refractivity contribution in [2.45, 2.75) is 65.8 Å². The van der Waals surface area contributed by atoms with Crippen molar-refractivity contribution < 1.29 is 14.3 Å².